The van der Waals surface area contributed by atoms with Crippen molar-refractivity contribution in [1.82, 2.24) is 10.2 Å². The standard InChI is InChI=1S/C12H20N2S/c1-14(2)9-8-13-10-11-4-6-12(15-3)7-5-11/h4-7,13H,8-10H2,1-3H3. The van der Waals surface area contributed by atoms with E-state index in [1.165, 1.54) is 10.5 Å². The average Bonchev–Trinajstić information content (AvgIpc) is 2.25. The molecule has 0 amide bonds. The predicted molar refractivity (Wildman–Crippen MR) is 68.5 cm³/mol. The lowest BCUT2D eigenvalue weighted by molar-refractivity contribution is 0.400. The Balaban J connectivity index is 2.25. The van der Waals surface area contributed by atoms with Gasteiger partial charge in [0.2, 0.25) is 0 Å². The maximum absolute atomic E-state index is 3.42. The number of rotatable bonds is 6. The number of thioether (sulfide) groups is 1. The third-order valence-electron chi connectivity index (χ3n) is 2.22. The van der Waals surface area contributed by atoms with Crippen molar-refractivity contribution >= 4 is 11.8 Å². The molecule has 0 saturated carbocycles. The Hall–Kier alpha value is -0.510. The fraction of sp³-hybridized carbons (Fsp3) is 0.500. The molecule has 0 unspecified atom stereocenters. The Labute approximate surface area is 97.1 Å². The molecule has 84 valence electrons. The van der Waals surface area contributed by atoms with Crippen LogP contribution < -0.4 is 5.32 Å². The average molecular weight is 224 g/mol. The maximum Gasteiger partial charge on any atom is 0.0206 e. The second kappa shape index (κ2) is 6.88. The normalized spacial score (nSPS) is 10.9. The van der Waals surface area contributed by atoms with Crippen LogP contribution in [-0.2, 0) is 6.54 Å². The number of hydrogen-bond donors (Lipinski definition) is 1. The summed E-state index contributed by atoms with van der Waals surface area (Å²) < 4.78 is 0. The zero-order chi connectivity index (χ0) is 11.1. The number of nitrogens with one attached hydrogen (secondary N) is 1. The highest BCUT2D eigenvalue weighted by Gasteiger charge is 1.94. The van der Waals surface area contributed by atoms with E-state index in [1.807, 2.05) is 0 Å². The van der Waals surface area contributed by atoms with Crippen molar-refractivity contribution in [3.05, 3.63) is 29.8 Å². The van der Waals surface area contributed by atoms with E-state index in [-0.39, 0.29) is 0 Å². The zero-order valence-corrected chi connectivity index (χ0v) is 10.6. The molecule has 0 aliphatic rings. The van der Waals surface area contributed by atoms with Gasteiger partial charge in [-0.3, -0.25) is 0 Å². The lowest BCUT2D eigenvalue weighted by Crippen LogP contribution is -2.26. The van der Waals surface area contributed by atoms with Gasteiger partial charge in [0.05, 0.1) is 0 Å². The van der Waals surface area contributed by atoms with Crippen LogP contribution >= 0.6 is 11.8 Å². The van der Waals surface area contributed by atoms with E-state index in [2.05, 4.69) is 54.8 Å². The quantitative estimate of drug-likeness (QED) is 0.588. The molecule has 0 atom stereocenters. The van der Waals surface area contributed by atoms with Crippen LogP contribution in [0, 0.1) is 0 Å². The first-order valence-corrected chi connectivity index (χ1v) is 6.43. The monoisotopic (exact) mass is 224 g/mol. The summed E-state index contributed by atoms with van der Waals surface area (Å²) in [4.78, 5) is 3.51. The zero-order valence-electron chi connectivity index (χ0n) is 9.79. The minimum absolute atomic E-state index is 0.961. The van der Waals surface area contributed by atoms with Crippen LogP contribution in [0.5, 0.6) is 0 Å². The minimum atomic E-state index is 0.961. The van der Waals surface area contributed by atoms with Crippen molar-refractivity contribution in [2.75, 3.05) is 33.4 Å². The molecular weight excluding hydrogens is 204 g/mol. The Bertz CT molecular complexity index is 269. The molecule has 0 radical (unpaired) electrons. The van der Waals surface area contributed by atoms with E-state index in [0.717, 1.165) is 19.6 Å². The molecule has 0 spiro atoms. The smallest absolute Gasteiger partial charge is 0.0206 e. The van der Waals surface area contributed by atoms with Crippen molar-refractivity contribution < 1.29 is 0 Å². The van der Waals surface area contributed by atoms with Crippen molar-refractivity contribution in [3.63, 3.8) is 0 Å². The van der Waals surface area contributed by atoms with E-state index in [4.69, 9.17) is 0 Å². The third-order valence-corrected chi connectivity index (χ3v) is 2.97. The van der Waals surface area contributed by atoms with E-state index >= 15 is 0 Å². The Morgan fingerprint density at radius 3 is 2.40 bits per heavy atom. The van der Waals surface area contributed by atoms with Crippen LogP contribution in [0.15, 0.2) is 29.2 Å². The summed E-state index contributed by atoms with van der Waals surface area (Å²) in [5.41, 5.74) is 1.35. The summed E-state index contributed by atoms with van der Waals surface area (Å²) >= 11 is 1.78. The molecule has 0 heterocycles. The maximum atomic E-state index is 3.42. The number of nitrogens with zero attached hydrogens (tertiary/aromatic N) is 1. The first-order chi connectivity index (χ1) is 7.22. The highest BCUT2D eigenvalue weighted by molar-refractivity contribution is 7.98. The summed E-state index contributed by atoms with van der Waals surface area (Å²) in [5.74, 6) is 0. The van der Waals surface area contributed by atoms with Crippen molar-refractivity contribution in [1.29, 1.82) is 0 Å². The second-order valence-corrected chi connectivity index (χ2v) is 4.71. The summed E-state index contributed by atoms with van der Waals surface area (Å²) in [5, 5.41) is 3.42. The highest BCUT2D eigenvalue weighted by Crippen LogP contribution is 2.14. The Morgan fingerprint density at radius 2 is 1.87 bits per heavy atom. The molecule has 0 fully saturated rings. The van der Waals surface area contributed by atoms with Crippen LogP contribution in [0.25, 0.3) is 0 Å². The SMILES string of the molecule is CSc1ccc(CNCCN(C)C)cc1. The summed E-state index contributed by atoms with van der Waals surface area (Å²) in [6.45, 7) is 3.09. The van der Waals surface area contributed by atoms with E-state index in [0.29, 0.717) is 0 Å². The molecule has 0 bridgehead atoms. The van der Waals surface area contributed by atoms with Crippen molar-refractivity contribution in [3.8, 4) is 0 Å². The van der Waals surface area contributed by atoms with Gasteiger partial charge in [0.15, 0.2) is 0 Å². The van der Waals surface area contributed by atoms with Gasteiger partial charge < -0.3 is 10.2 Å². The third kappa shape index (κ3) is 5.21. The molecule has 1 aromatic carbocycles. The molecule has 15 heavy (non-hydrogen) atoms. The van der Waals surface area contributed by atoms with Crippen LogP contribution in [0.3, 0.4) is 0 Å². The number of likely N-dealkylation sites (N-methyl/N-ethyl adjacent to an activating group) is 1. The minimum Gasteiger partial charge on any atom is -0.311 e. The summed E-state index contributed by atoms with van der Waals surface area (Å²) in [7, 11) is 4.18. The lowest BCUT2D eigenvalue weighted by Gasteiger charge is -2.10. The van der Waals surface area contributed by atoms with E-state index in [9.17, 15) is 0 Å². The predicted octanol–water partition coefficient (Wildman–Crippen LogP) is 2.06. The molecule has 0 aromatic heterocycles. The van der Waals surface area contributed by atoms with E-state index < -0.39 is 0 Å². The molecule has 3 heteroatoms. The highest BCUT2D eigenvalue weighted by atomic mass is 32.2. The first-order valence-electron chi connectivity index (χ1n) is 5.21. The molecule has 2 nitrogen and oxygen atoms in total. The van der Waals surface area contributed by atoms with Gasteiger partial charge in [0.1, 0.15) is 0 Å². The molecule has 1 N–H and O–H groups in total. The lowest BCUT2D eigenvalue weighted by atomic mass is 10.2. The Morgan fingerprint density at radius 1 is 1.20 bits per heavy atom. The Kier molecular flexibility index (Phi) is 5.76. The van der Waals surface area contributed by atoms with Gasteiger partial charge in [-0.05, 0) is 38.0 Å². The molecule has 0 aliphatic heterocycles. The fourth-order valence-electron chi connectivity index (χ4n) is 1.28. The van der Waals surface area contributed by atoms with Crippen molar-refractivity contribution in [2.45, 2.75) is 11.4 Å². The van der Waals surface area contributed by atoms with Gasteiger partial charge in [-0.1, -0.05) is 12.1 Å². The van der Waals surface area contributed by atoms with Crippen molar-refractivity contribution in [2.24, 2.45) is 0 Å². The number of benzene rings is 1. The van der Waals surface area contributed by atoms with Crippen LogP contribution in [0.1, 0.15) is 5.56 Å². The van der Waals surface area contributed by atoms with Gasteiger partial charge in [-0.15, -0.1) is 11.8 Å². The van der Waals surface area contributed by atoms with E-state index in [1.54, 1.807) is 11.8 Å². The fourth-order valence-corrected chi connectivity index (χ4v) is 1.69. The van der Waals surface area contributed by atoms with Gasteiger partial charge >= 0.3 is 0 Å². The molecule has 1 rings (SSSR count). The topological polar surface area (TPSA) is 15.3 Å². The van der Waals surface area contributed by atoms with Crippen LogP contribution in [-0.4, -0.2) is 38.3 Å². The summed E-state index contributed by atoms with van der Waals surface area (Å²) in [6, 6.07) is 8.73. The molecule has 0 aliphatic carbocycles. The molecule has 0 saturated heterocycles. The van der Waals surface area contributed by atoms with Crippen LogP contribution in [0.4, 0.5) is 0 Å². The summed E-state index contributed by atoms with van der Waals surface area (Å²) in [6.07, 6.45) is 2.10. The number of hydrogen-bond acceptors (Lipinski definition) is 3. The molecule has 1 aromatic rings. The first kappa shape index (κ1) is 12.6. The second-order valence-electron chi connectivity index (χ2n) is 3.83. The van der Waals surface area contributed by atoms with Gasteiger partial charge in [-0.25, -0.2) is 0 Å². The van der Waals surface area contributed by atoms with Gasteiger partial charge in [0.25, 0.3) is 0 Å². The molecular formula is C12H20N2S. The largest absolute Gasteiger partial charge is 0.311 e. The van der Waals surface area contributed by atoms with Crippen LogP contribution in [0.2, 0.25) is 0 Å². The van der Waals surface area contributed by atoms with Gasteiger partial charge in [0, 0.05) is 24.5 Å². The van der Waals surface area contributed by atoms with Gasteiger partial charge in [-0.2, -0.15) is 0 Å².